The molecule has 6 heteroatoms. The highest BCUT2D eigenvalue weighted by atomic mass is 16.2. The molecule has 2 atom stereocenters. The van der Waals surface area contributed by atoms with Crippen LogP contribution in [0.15, 0.2) is 42.6 Å². The Hall–Kier alpha value is -2.60. The van der Waals surface area contributed by atoms with Crippen molar-refractivity contribution >= 4 is 23.2 Å². The molecular formula is C19H23N4O2+. The van der Waals surface area contributed by atoms with Crippen molar-refractivity contribution in [2.45, 2.75) is 18.9 Å². The first-order chi connectivity index (χ1) is 12.1. The molecule has 0 aliphatic carbocycles. The number of carbonyl (C=O) groups excluding carboxylic acids is 2. The molecular weight excluding hydrogens is 316 g/mol. The number of nitrogens with one attached hydrogen (secondary N) is 2. The summed E-state index contributed by atoms with van der Waals surface area (Å²) in [5.74, 6) is -0.124. The van der Waals surface area contributed by atoms with E-state index in [0.717, 1.165) is 25.1 Å². The maximum atomic E-state index is 13.0. The van der Waals surface area contributed by atoms with E-state index in [1.54, 1.807) is 4.90 Å². The van der Waals surface area contributed by atoms with Crippen molar-refractivity contribution < 1.29 is 14.5 Å². The normalized spacial score (nSPS) is 22.6. The van der Waals surface area contributed by atoms with Crippen molar-refractivity contribution in [3.8, 4) is 0 Å². The summed E-state index contributed by atoms with van der Waals surface area (Å²) in [4.78, 5) is 27.9. The molecule has 0 radical (unpaired) electrons. The molecule has 0 spiro atoms. The molecule has 2 aromatic rings. The summed E-state index contributed by atoms with van der Waals surface area (Å²) in [7, 11) is 2.05. The average Bonchev–Trinajstić information content (AvgIpc) is 3.22. The lowest BCUT2D eigenvalue weighted by atomic mass is 10.1. The van der Waals surface area contributed by atoms with Gasteiger partial charge in [0.05, 0.1) is 23.6 Å². The number of fused-ring (bicyclic) bond motifs is 1. The maximum Gasteiger partial charge on any atom is 0.282 e. The highest BCUT2D eigenvalue weighted by Gasteiger charge is 2.36. The van der Waals surface area contributed by atoms with E-state index in [0.29, 0.717) is 18.3 Å². The quantitative estimate of drug-likeness (QED) is 0.866. The van der Waals surface area contributed by atoms with Crippen molar-refractivity contribution in [1.82, 2.24) is 4.57 Å². The van der Waals surface area contributed by atoms with Gasteiger partial charge in [0.2, 0.25) is 5.91 Å². The largest absolute Gasteiger partial charge is 0.350 e. The number of rotatable bonds is 3. The van der Waals surface area contributed by atoms with Crippen LogP contribution in [0.5, 0.6) is 0 Å². The zero-order chi connectivity index (χ0) is 17.4. The summed E-state index contributed by atoms with van der Waals surface area (Å²) in [6, 6.07) is 12.0. The first kappa shape index (κ1) is 15.9. The van der Waals surface area contributed by atoms with Gasteiger partial charge in [-0.05, 0) is 24.3 Å². The molecule has 1 aromatic heterocycles. The molecule has 0 bridgehead atoms. The van der Waals surface area contributed by atoms with Crippen LogP contribution in [0.3, 0.4) is 0 Å². The number of nitrogens with zero attached hydrogens (tertiary/aromatic N) is 2. The number of amides is 2. The van der Waals surface area contributed by atoms with E-state index in [4.69, 9.17) is 0 Å². The lowest BCUT2D eigenvalue weighted by Gasteiger charge is -2.30. The van der Waals surface area contributed by atoms with Gasteiger partial charge in [-0.15, -0.1) is 0 Å². The number of carbonyl (C=O) groups is 2. The van der Waals surface area contributed by atoms with E-state index >= 15 is 0 Å². The van der Waals surface area contributed by atoms with Crippen LogP contribution >= 0.6 is 0 Å². The smallest absolute Gasteiger partial charge is 0.282 e. The molecule has 2 aliphatic heterocycles. The predicted octanol–water partition coefficient (Wildman–Crippen LogP) is 0.730. The minimum Gasteiger partial charge on any atom is -0.350 e. The van der Waals surface area contributed by atoms with Crippen LogP contribution in [-0.2, 0) is 16.6 Å². The first-order valence-corrected chi connectivity index (χ1v) is 8.78. The van der Waals surface area contributed by atoms with Gasteiger partial charge in [0.15, 0.2) is 6.54 Å². The third-order valence-corrected chi connectivity index (χ3v) is 5.27. The van der Waals surface area contributed by atoms with Crippen LogP contribution in [0.1, 0.15) is 24.6 Å². The number of hydrogen-bond donors (Lipinski definition) is 2. The number of hydrogen-bond acceptors (Lipinski definition) is 2. The molecule has 25 heavy (non-hydrogen) atoms. The van der Waals surface area contributed by atoms with Gasteiger partial charge in [0.1, 0.15) is 12.6 Å². The fourth-order valence-electron chi connectivity index (χ4n) is 4.06. The van der Waals surface area contributed by atoms with Gasteiger partial charge in [0, 0.05) is 26.1 Å². The van der Waals surface area contributed by atoms with Crippen LogP contribution in [0.4, 0.5) is 11.4 Å². The summed E-state index contributed by atoms with van der Waals surface area (Å²) < 4.78 is 2.14. The van der Waals surface area contributed by atoms with E-state index < -0.39 is 0 Å². The Bertz CT molecular complexity index is 813. The molecule has 6 nitrogen and oxygen atoms in total. The van der Waals surface area contributed by atoms with Crippen LogP contribution in [-0.4, -0.2) is 36.0 Å². The molecule has 2 N–H and O–H groups in total. The van der Waals surface area contributed by atoms with Gasteiger partial charge in [-0.1, -0.05) is 12.1 Å². The number of likely N-dealkylation sites (tertiary alicyclic amines) is 1. The van der Waals surface area contributed by atoms with E-state index in [2.05, 4.69) is 35.3 Å². The third kappa shape index (κ3) is 2.93. The Balaban J connectivity index is 1.54. The number of quaternary nitrogens is 1. The number of aryl methyl sites for hydroxylation is 1. The van der Waals surface area contributed by atoms with Crippen molar-refractivity contribution in [3.63, 3.8) is 0 Å². The summed E-state index contributed by atoms with van der Waals surface area (Å²) in [6.07, 6.45) is 4.27. The van der Waals surface area contributed by atoms with E-state index in [-0.39, 0.29) is 18.4 Å². The SMILES string of the molecule is Cn1cccc1[C@H]1CCC[NH+]1CC(=O)N1CC(=O)Nc2ccccc21. The second kappa shape index (κ2) is 6.37. The van der Waals surface area contributed by atoms with Crippen LogP contribution in [0.25, 0.3) is 0 Å². The van der Waals surface area contributed by atoms with E-state index in [1.807, 2.05) is 24.3 Å². The molecule has 4 rings (SSSR count). The topological polar surface area (TPSA) is 58.8 Å². The molecule has 130 valence electrons. The van der Waals surface area contributed by atoms with Crippen LogP contribution < -0.4 is 15.1 Å². The van der Waals surface area contributed by atoms with Crippen LogP contribution in [0.2, 0.25) is 0 Å². The average molecular weight is 339 g/mol. The second-order valence-corrected chi connectivity index (χ2v) is 6.87. The Morgan fingerprint density at radius 2 is 2.12 bits per heavy atom. The first-order valence-electron chi connectivity index (χ1n) is 8.78. The Morgan fingerprint density at radius 1 is 1.28 bits per heavy atom. The molecule has 0 saturated carbocycles. The number of anilines is 2. The van der Waals surface area contributed by atoms with Gasteiger partial charge in [-0.25, -0.2) is 0 Å². The van der Waals surface area contributed by atoms with Gasteiger partial charge >= 0.3 is 0 Å². The summed E-state index contributed by atoms with van der Waals surface area (Å²) in [5.41, 5.74) is 2.78. The molecule has 2 amide bonds. The fourth-order valence-corrected chi connectivity index (χ4v) is 4.06. The Kier molecular flexibility index (Phi) is 4.05. The lowest BCUT2D eigenvalue weighted by molar-refractivity contribution is -0.910. The van der Waals surface area contributed by atoms with Gasteiger partial charge in [-0.2, -0.15) is 0 Å². The van der Waals surface area contributed by atoms with Gasteiger partial charge in [-0.3, -0.25) is 14.5 Å². The molecule has 1 saturated heterocycles. The van der Waals surface area contributed by atoms with Gasteiger partial charge in [0.25, 0.3) is 5.91 Å². The van der Waals surface area contributed by atoms with Crippen molar-refractivity contribution in [3.05, 3.63) is 48.3 Å². The third-order valence-electron chi connectivity index (χ3n) is 5.27. The van der Waals surface area contributed by atoms with Crippen molar-refractivity contribution in [2.24, 2.45) is 7.05 Å². The summed E-state index contributed by atoms with van der Waals surface area (Å²) >= 11 is 0. The van der Waals surface area contributed by atoms with E-state index in [9.17, 15) is 9.59 Å². The Morgan fingerprint density at radius 3 is 2.92 bits per heavy atom. The lowest BCUT2D eigenvalue weighted by Crippen LogP contribution is -3.11. The molecule has 1 fully saturated rings. The standard InChI is InChI=1S/C19H22N4O2/c1-21-10-4-8-16(21)17-9-5-11-22(17)13-19(25)23-12-18(24)20-14-6-2-3-7-15(14)23/h2-4,6-8,10,17H,5,9,11-13H2,1H3,(H,20,24)/p+1/t17-/m1/s1. The monoisotopic (exact) mass is 339 g/mol. The molecule has 1 aromatic carbocycles. The molecule has 2 aliphatic rings. The zero-order valence-corrected chi connectivity index (χ0v) is 14.4. The highest BCUT2D eigenvalue weighted by Crippen LogP contribution is 2.28. The fraction of sp³-hybridized carbons (Fsp3) is 0.368. The van der Waals surface area contributed by atoms with Crippen LogP contribution in [0, 0.1) is 0 Å². The van der Waals surface area contributed by atoms with Crippen molar-refractivity contribution in [2.75, 3.05) is 29.9 Å². The predicted molar refractivity (Wildman–Crippen MR) is 95.5 cm³/mol. The molecule has 1 unspecified atom stereocenters. The molecule has 3 heterocycles. The summed E-state index contributed by atoms with van der Waals surface area (Å²) in [6.45, 7) is 1.50. The van der Waals surface area contributed by atoms with E-state index in [1.165, 1.54) is 10.6 Å². The Labute approximate surface area is 147 Å². The number of para-hydroxylation sites is 2. The minimum absolute atomic E-state index is 0.0124. The van der Waals surface area contributed by atoms with Gasteiger partial charge < -0.3 is 14.8 Å². The minimum atomic E-state index is -0.137. The number of benzene rings is 1. The zero-order valence-electron chi connectivity index (χ0n) is 14.4. The van der Waals surface area contributed by atoms with Crippen molar-refractivity contribution in [1.29, 1.82) is 0 Å². The summed E-state index contributed by atoms with van der Waals surface area (Å²) in [5, 5.41) is 2.83. The maximum absolute atomic E-state index is 13.0. The highest BCUT2D eigenvalue weighted by molar-refractivity contribution is 6.10. The number of aromatic nitrogens is 1. The second-order valence-electron chi connectivity index (χ2n) is 6.87.